The van der Waals surface area contributed by atoms with E-state index in [2.05, 4.69) is 46.3 Å². The van der Waals surface area contributed by atoms with E-state index in [9.17, 15) is 4.21 Å². The van der Waals surface area contributed by atoms with Crippen LogP contribution in [0.3, 0.4) is 0 Å². The Morgan fingerprint density at radius 2 is 1.84 bits per heavy atom. The summed E-state index contributed by atoms with van der Waals surface area (Å²) in [5, 5.41) is 0. The van der Waals surface area contributed by atoms with E-state index in [0.29, 0.717) is 5.75 Å². The molecule has 3 nitrogen and oxygen atoms in total. The van der Waals surface area contributed by atoms with Gasteiger partial charge in [0.1, 0.15) is 11.5 Å². The van der Waals surface area contributed by atoms with Gasteiger partial charge in [0.15, 0.2) is 0 Å². The second-order valence-electron chi connectivity index (χ2n) is 6.92. The molecule has 1 N–H and O–H groups in total. The van der Waals surface area contributed by atoms with Crippen LogP contribution in [0.5, 0.6) is 0 Å². The Morgan fingerprint density at radius 3 is 2.21 bits per heavy atom. The van der Waals surface area contributed by atoms with Crippen molar-refractivity contribution in [2.24, 2.45) is 11.3 Å². The van der Waals surface area contributed by atoms with Gasteiger partial charge in [0.25, 0.3) is 0 Å². The highest BCUT2D eigenvalue weighted by Crippen LogP contribution is 2.31. The molecule has 19 heavy (non-hydrogen) atoms. The molecule has 0 aliphatic carbocycles. The third-order valence-electron chi connectivity index (χ3n) is 3.30. The van der Waals surface area contributed by atoms with E-state index in [1.807, 2.05) is 19.1 Å². The van der Waals surface area contributed by atoms with Crippen LogP contribution in [-0.4, -0.2) is 9.96 Å². The van der Waals surface area contributed by atoms with Crippen LogP contribution in [0.1, 0.15) is 53.1 Å². The second kappa shape index (κ2) is 5.80. The molecule has 0 aliphatic heterocycles. The first kappa shape index (κ1) is 16.4. The van der Waals surface area contributed by atoms with Crippen LogP contribution in [0.15, 0.2) is 16.5 Å². The summed E-state index contributed by atoms with van der Waals surface area (Å²) in [6.45, 7) is 14.5. The molecule has 1 rings (SSSR count). The summed E-state index contributed by atoms with van der Waals surface area (Å²) in [4.78, 5) is 0. The number of aryl methyl sites for hydroxylation is 1. The van der Waals surface area contributed by atoms with Crippen molar-refractivity contribution in [2.75, 3.05) is 5.75 Å². The van der Waals surface area contributed by atoms with E-state index in [1.54, 1.807) is 0 Å². The monoisotopic (exact) mass is 285 g/mol. The van der Waals surface area contributed by atoms with Crippen molar-refractivity contribution >= 4 is 11.0 Å². The van der Waals surface area contributed by atoms with Crippen LogP contribution in [0.4, 0.5) is 0 Å². The van der Waals surface area contributed by atoms with E-state index in [1.165, 1.54) is 0 Å². The SMILES string of the molecule is Cc1ccc([C@](C)(NS(=O)CC(C)(C)C)C(C)C)o1. The maximum atomic E-state index is 12.3. The Morgan fingerprint density at radius 1 is 1.26 bits per heavy atom. The number of hydrogen-bond acceptors (Lipinski definition) is 2. The van der Waals surface area contributed by atoms with Crippen molar-refractivity contribution in [1.29, 1.82) is 0 Å². The van der Waals surface area contributed by atoms with E-state index in [-0.39, 0.29) is 11.3 Å². The molecule has 0 saturated heterocycles. The van der Waals surface area contributed by atoms with Crippen LogP contribution in [0.25, 0.3) is 0 Å². The summed E-state index contributed by atoms with van der Waals surface area (Å²) in [7, 11) is -1.08. The maximum absolute atomic E-state index is 12.3. The second-order valence-corrected chi connectivity index (χ2v) is 8.10. The van der Waals surface area contributed by atoms with Gasteiger partial charge in [0.2, 0.25) is 0 Å². The average Bonchev–Trinajstić information content (AvgIpc) is 2.61. The highest BCUT2D eigenvalue weighted by atomic mass is 32.2. The number of hydrogen-bond donors (Lipinski definition) is 1. The Balaban J connectivity index is 2.93. The summed E-state index contributed by atoms with van der Waals surface area (Å²) in [6, 6.07) is 3.92. The molecule has 0 spiro atoms. The van der Waals surface area contributed by atoms with Gasteiger partial charge in [0.05, 0.1) is 16.5 Å². The highest BCUT2D eigenvalue weighted by molar-refractivity contribution is 7.83. The Labute approximate surface area is 119 Å². The lowest BCUT2D eigenvalue weighted by Crippen LogP contribution is -2.46. The van der Waals surface area contributed by atoms with Gasteiger partial charge in [-0.1, -0.05) is 34.6 Å². The highest BCUT2D eigenvalue weighted by Gasteiger charge is 2.35. The van der Waals surface area contributed by atoms with Gasteiger partial charge in [-0.2, -0.15) is 0 Å². The van der Waals surface area contributed by atoms with Crippen LogP contribution < -0.4 is 4.72 Å². The van der Waals surface area contributed by atoms with Crippen molar-refractivity contribution < 1.29 is 8.63 Å². The molecule has 110 valence electrons. The predicted octanol–water partition coefficient (Wildman–Crippen LogP) is 3.76. The molecule has 1 aromatic heterocycles. The molecule has 0 bridgehead atoms. The molecule has 0 aromatic carbocycles. The Hall–Kier alpha value is -0.610. The first-order chi connectivity index (χ1) is 8.54. The standard InChI is InChI=1S/C15H27NO2S/c1-11(2)15(7,13-9-8-12(3)18-13)16-19(17)10-14(4,5)6/h8-9,11,16H,10H2,1-7H3/t15-,19?/m1/s1. The third kappa shape index (κ3) is 4.46. The van der Waals surface area contributed by atoms with Crippen LogP contribution in [0, 0.1) is 18.3 Å². The minimum Gasteiger partial charge on any atom is -0.464 e. The van der Waals surface area contributed by atoms with Crippen LogP contribution in [0.2, 0.25) is 0 Å². The molecule has 0 aliphatic rings. The summed E-state index contributed by atoms with van der Waals surface area (Å²) < 4.78 is 21.3. The number of nitrogens with one attached hydrogen (secondary N) is 1. The van der Waals surface area contributed by atoms with Crippen LogP contribution in [-0.2, 0) is 16.5 Å². The molecule has 0 radical (unpaired) electrons. The molecular formula is C15H27NO2S. The van der Waals surface area contributed by atoms with Gasteiger partial charge in [-0.3, -0.25) is 0 Å². The van der Waals surface area contributed by atoms with E-state index >= 15 is 0 Å². The molecule has 1 heterocycles. The third-order valence-corrected chi connectivity index (χ3v) is 5.08. The zero-order valence-electron chi connectivity index (χ0n) is 13.2. The van der Waals surface area contributed by atoms with E-state index < -0.39 is 16.5 Å². The Bertz CT molecular complexity index is 445. The van der Waals surface area contributed by atoms with Crippen molar-refractivity contribution in [1.82, 2.24) is 4.72 Å². The zero-order valence-corrected chi connectivity index (χ0v) is 14.0. The van der Waals surface area contributed by atoms with Gasteiger partial charge in [-0.15, -0.1) is 0 Å². The van der Waals surface area contributed by atoms with Gasteiger partial charge < -0.3 is 4.42 Å². The maximum Gasteiger partial charge on any atom is 0.125 e. The predicted molar refractivity (Wildman–Crippen MR) is 81.2 cm³/mol. The van der Waals surface area contributed by atoms with Gasteiger partial charge >= 0.3 is 0 Å². The van der Waals surface area contributed by atoms with Crippen molar-refractivity contribution in [3.63, 3.8) is 0 Å². The van der Waals surface area contributed by atoms with Gasteiger partial charge in [-0.05, 0) is 37.3 Å². The van der Waals surface area contributed by atoms with E-state index in [4.69, 9.17) is 4.42 Å². The molecule has 2 atom stereocenters. The van der Waals surface area contributed by atoms with Crippen molar-refractivity contribution in [2.45, 2.75) is 54.0 Å². The lowest BCUT2D eigenvalue weighted by molar-refractivity contribution is 0.255. The van der Waals surface area contributed by atoms with Crippen molar-refractivity contribution in [3.05, 3.63) is 23.7 Å². The smallest absolute Gasteiger partial charge is 0.125 e. The minimum absolute atomic E-state index is 0.0365. The first-order valence-electron chi connectivity index (χ1n) is 6.78. The zero-order chi connectivity index (χ0) is 14.8. The lowest BCUT2D eigenvalue weighted by atomic mass is 9.87. The lowest BCUT2D eigenvalue weighted by Gasteiger charge is -2.33. The largest absolute Gasteiger partial charge is 0.464 e. The average molecular weight is 285 g/mol. The fraction of sp³-hybridized carbons (Fsp3) is 0.733. The number of rotatable bonds is 5. The Kier molecular flexibility index (Phi) is 5.02. The van der Waals surface area contributed by atoms with Crippen LogP contribution >= 0.6 is 0 Å². The topological polar surface area (TPSA) is 42.2 Å². The fourth-order valence-electron chi connectivity index (χ4n) is 1.83. The molecule has 1 aromatic rings. The van der Waals surface area contributed by atoms with Gasteiger partial charge in [-0.25, -0.2) is 8.93 Å². The quantitative estimate of drug-likeness (QED) is 0.895. The molecule has 4 heteroatoms. The normalized spacial score (nSPS) is 17.5. The molecular weight excluding hydrogens is 258 g/mol. The molecule has 0 fully saturated rings. The van der Waals surface area contributed by atoms with Gasteiger partial charge in [0, 0.05) is 5.75 Å². The first-order valence-corrected chi connectivity index (χ1v) is 8.09. The summed E-state index contributed by atoms with van der Waals surface area (Å²) in [5.74, 6) is 2.63. The van der Waals surface area contributed by atoms with Crippen molar-refractivity contribution in [3.8, 4) is 0 Å². The summed E-state index contributed by atoms with van der Waals surface area (Å²) in [6.07, 6.45) is 0. The summed E-state index contributed by atoms with van der Waals surface area (Å²) >= 11 is 0. The fourth-order valence-corrected chi connectivity index (χ4v) is 3.50. The molecule has 0 amide bonds. The minimum atomic E-state index is -1.08. The summed E-state index contributed by atoms with van der Waals surface area (Å²) in [5.41, 5.74) is -0.376. The van der Waals surface area contributed by atoms with E-state index in [0.717, 1.165) is 11.5 Å². The molecule has 1 unspecified atom stereocenters. The number of furan rings is 1. The molecule has 0 saturated carbocycles.